The topological polar surface area (TPSA) is 56.7 Å². The Hall–Kier alpha value is -2.73. The maximum absolute atomic E-state index is 6.27. The van der Waals surface area contributed by atoms with E-state index in [1.807, 2.05) is 35.0 Å². The first-order valence-corrected chi connectivity index (χ1v) is 10.1. The fraction of sp³-hybridized carbons (Fsp3) is 0.435. The van der Waals surface area contributed by atoms with Crippen LogP contribution < -0.4 is 0 Å². The number of hydrogen-bond donors (Lipinski definition) is 0. The quantitative estimate of drug-likeness (QED) is 0.493. The SMILES string of the molecule is CC(OCC(C)(C)c1nnc2ccccn12)c1ccn2c(C(C)(C)C)cnc2c1. The predicted molar refractivity (Wildman–Crippen MR) is 114 cm³/mol. The van der Waals surface area contributed by atoms with Gasteiger partial charge >= 0.3 is 0 Å². The van der Waals surface area contributed by atoms with Crippen LogP contribution in [0.5, 0.6) is 0 Å². The summed E-state index contributed by atoms with van der Waals surface area (Å²) in [7, 11) is 0. The minimum atomic E-state index is -0.272. The summed E-state index contributed by atoms with van der Waals surface area (Å²) in [6, 6.07) is 10.1. The molecular weight excluding hydrogens is 362 g/mol. The van der Waals surface area contributed by atoms with Crippen LogP contribution in [0.4, 0.5) is 0 Å². The minimum absolute atomic E-state index is 0.0479. The molecule has 0 aliphatic heterocycles. The smallest absolute Gasteiger partial charge is 0.160 e. The molecule has 0 saturated heterocycles. The average Bonchev–Trinajstić information content (AvgIpc) is 3.29. The summed E-state index contributed by atoms with van der Waals surface area (Å²) < 4.78 is 10.5. The second-order valence-corrected chi connectivity index (χ2v) is 9.37. The van der Waals surface area contributed by atoms with Gasteiger partial charge in [-0.05, 0) is 36.8 Å². The van der Waals surface area contributed by atoms with Crippen molar-refractivity contribution < 1.29 is 4.74 Å². The van der Waals surface area contributed by atoms with Crippen LogP contribution in [0.25, 0.3) is 11.3 Å². The van der Waals surface area contributed by atoms with Crippen molar-refractivity contribution in [2.24, 2.45) is 0 Å². The van der Waals surface area contributed by atoms with E-state index in [0.29, 0.717) is 6.61 Å². The number of nitrogens with zero attached hydrogens (tertiary/aromatic N) is 5. The van der Waals surface area contributed by atoms with Crippen LogP contribution in [0.2, 0.25) is 0 Å². The van der Waals surface area contributed by atoms with E-state index in [9.17, 15) is 0 Å². The van der Waals surface area contributed by atoms with Gasteiger partial charge in [0.05, 0.1) is 12.7 Å². The van der Waals surface area contributed by atoms with E-state index >= 15 is 0 Å². The molecule has 4 rings (SSSR count). The molecule has 0 radical (unpaired) electrons. The highest BCUT2D eigenvalue weighted by molar-refractivity contribution is 5.45. The molecule has 0 fully saturated rings. The predicted octanol–water partition coefficient (Wildman–Crippen LogP) is 4.73. The number of rotatable bonds is 5. The highest BCUT2D eigenvalue weighted by atomic mass is 16.5. The Morgan fingerprint density at radius 2 is 1.76 bits per heavy atom. The highest BCUT2D eigenvalue weighted by Gasteiger charge is 2.28. The molecule has 0 aliphatic carbocycles. The molecule has 0 N–H and O–H groups in total. The van der Waals surface area contributed by atoms with Gasteiger partial charge in [-0.25, -0.2) is 4.98 Å². The first-order valence-electron chi connectivity index (χ1n) is 10.1. The summed E-state index contributed by atoms with van der Waals surface area (Å²) in [5, 5.41) is 8.68. The van der Waals surface area contributed by atoms with Gasteiger partial charge in [-0.2, -0.15) is 0 Å². The monoisotopic (exact) mass is 391 g/mol. The third kappa shape index (κ3) is 3.65. The minimum Gasteiger partial charge on any atom is -0.373 e. The zero-order valence-corrected chi connectivity index (χ0v) is 18.0. The summed E-state index contributed by atoms with van der Waals surface area (Å²) in [4.78, 5) is 4.60. The van der Waals surface area contributed by atoms with Crippen LogP contribution in [0, 0.1) is 0 Å². The summed E-state index contributed by atoms with van der Waals surface area (Å²) in [6.45, 7) is 13.5. The van der Waals surface area contributed by atoms with Crippen LogP contribution in [-0.2, 0) is 15.6 Å². The fourth-order valence-electron chi connectivity index (χ4n) is 3.60. The first kappa shape index (κ1) is 19.6. The van der Waals surface area contributed by atoms with Crippen molar-refractivity contribution in [1.82, 2.24) is 24.0 Å². The van der Waals surface area contributed by atoms with Gasteiger partial charge in [0.1, 0.15) is 11.5 Å². The summed E-state index contributed by atoms with van der Waals surface area (Å²) in [5.74, 6) is 0.902. The summed E-state index contributed by atoms with van der Waals surface area (Å²) >= 11 is 0. The molecule has 1 atom stereocenters. The van der Waals surface area contributed by atoms with E-state index in [1.165, 1.54) is 5.69 Å². The molecule has 0 aliphatic rings. The normalized spacial score (nSPS) is 14.0. The van der Waals surface area contributed by atoms with Crippen LogP contribution >= 0.6 is 0 Å². The Labute approximate surface area is 171 Å². The molecule has 29 heavy (non-hydrogen) atoms. The van der Waals surface area contributed by atoms with Gasteiger partial charge in [0.25, 0.3) is 0 Å². The van der Waals surface area contributed by atoms with E-state index in [2.05, 4.69) is 79.5 Å². The molecule has 0 aromatic carbocycles. The molecule has 0 saturated carbocycles. The number of ether oxygens (including phenoxy) is 1. The van der Waals surface area contributed by atoms with Crippen LogP contribution in [0.15, 0.2) is 48.9 Å². The molecule has 4 aromatic rings. The molecule has 1 unspecified atom stereocenters. The lowest BCUT2D eigenvalue weighted by atomic mass is 9.93. The summed E-state index contributed by atoms with van der Waals surface area (Å²) in [6.07, 6.45) is 6.00. The number of aromatic nitrogens is 5. The van der Waals surface area contributed by atoms with Crippen LogP contribution in [-0.4, -0.2) is 30.6 Å². The number of imidazole rings is 1. The zero-order chi connectivity index (χ0) is 20.8. The van der Waals surface area contributed by atoms with Crippen molar-refractivity contribution in [2.75, 3.05) is 6.61 Å². The standard InChI is InChI=1S/C23H29N5O/c1-16(17-10-12-27-18(22(2,3)4)14-24-20(27)13-17)29-15-23(5,6)21-26-25-19-9-7-8-11-28(19)21/h7-14,16H,15H2,1-6H3. The van der Waals surface area contributed by atoms with Gasteiger partial charge in [0, 0.05) is 35.1 Å². The van der Waals surface area contributed by atoms with Crippen LogP contribution in [0.3, 0.4) is 0 Å². The summed E-state index contributed by atoms with van der Waals surface area (Å²) in [5.41, 5.74) is 3.89. The van der Waals surface area contributed by atoms with Crippen LogP contribution in [0.1, 0.15) is 64.7 Å². The number of hydrogen-bond acceptors (Lipinski definition) is 4. The molecule has 0 spiro atoms. The first-order chi connectivity index (χ1) is 13.7. The van der Waals surface area contributed by atoms with Gasteiger partial charge in [-0.3, -0.25) is 4.40 Å². The number of pyridine rings is 2. The molecule has 6 nitrogen and oxygen atoms in total. The van der Waals surface area contributed by atoms with Crippen molar-refractivity contribution in [3.63, 3.8) is 0 Å². The second kappa shape index (κ2) is 6.95. The van der Waals surface area contributed by atoms with Gasteiger partial charge in [0.2, 0.25) is 0 Å². The van der Waals surface area contributed by atoms with E-state index in [4.69, 9.17) is 4.74 Å². The third-order valence-corrected chi connectivity index (χ3v) is 5.39. The van der Waals surface area contributed by atoms with E-state index < -0.39 is 0 Å². The molecule has 152 valence electrons. The maximum Gasteiger partial charge on any atom is 0.160 e. The second-order valence-electron chi connectivity index (χ2n) is 9.37. The van der Waals surface area contributed by atoms with Crippen molar-refractivity contribution in [2.45, 2.75) is 58.5 Å². The molecule has 4 aromatic heterocycles. The Morgan fingerprint density at radius 1 is 0.966 bits per heavy atom. The third-order valence-electron chi connectivity index (χ3n) is 5.39. The molecule has 4 heterocycles. The van der Waals surface area contributed by atoms with Crippen molar-refractivity contribution in [3.8, 4) is 0 Å². The van der Waals surface area contributed by atoms with Crippen molar-refractivity contribution in [1.29, 1.82) is 0 Å². The Kier molecular flexibility index (Phi) is 4.69. The average molecular weight is 392 g/mol. The van der Waals surface area contributed by atoms with Gasteiger partial charge < -0.3 is 9.14 Å². The van der Waals surface area contributed by atoms with E-state index in [-0.39, 0.29) is 16.9 Å². The van der Waals surface area contributed by atoms with E-state index in [0.717, 1.165) is 22.7 Å². The van der Waals surface area contributed by atoms with Crippen molar-refractivity contribution in [3.05, 3.63) is 66.0 Å². The molecule has 0 bridgehead atoms. The molecule has 0 amide bonds. The van der Waals surface area contributed by atoms with Gasteiger partial charge in [-0.15, -0.1) is 10.2 Å². The fourth-order valence-corrected chi connectivity index (χ4v) is 3.60. The van der Waals surface area contributed by atoms with Gasteiger partial charge in [0.15, 0.2) is 5.65 Å². The zero-order valence-electron chi connectivity index (χ0n) is 18.0. The Balaban J connectivity index is 1.52. The van der Waals surface area contributed by atoms with Gasteiger partial charge in [-0.1, -0.05) is 40.7 Å². The largest absolute Gasteiger partial charge is 0.373 e. The lowest BCUT2D eigenvalue weighted by molar-refractivity contribution is 0.0333. The number of fused-ring (bicyclic) bond motifs is 2. The highest BCUT2D eigenvalue weighted by Crippen LogP contribution is 2.28. The Morgan fingerprint density at radius 3 is 2.52 bits per heavy atom. The van der Waals surface area contributed by atoms with Crippen molar-refractivity contribution >= 4 is 11.3 Å². The molecule has 6 heteroatoms. The Bertz CT molecular complexity index is 1150. The molecular formula is C23H29N5O. The van der Waals surface area contributed by atoms with E-state index in [1.54, 1.807) is 0 Å². The lowest BCUT2D eigenvalue weighted by Crippen LogP contribution is -2.28. The lowest BCUT2D eigenvalue weighted by Gasteiger charge is -2.25. The maximum atomic E-state index is 6.27.